The van der Waals surface area contributed by atoms with Gasteiger partial charge in [0.15, 0.2) is 0 Å². The fourth-order valence-corrected chi connectivity index (χ4v) is 2.16. The second-order valence-corrected chi connectivity index (χ2v) is 4.87. The van der Waals surface area contributed by atoms with Crippen LogP contribution in [0.2, 0.25) is 0 Å². The first-order chi connectivity index (χ1) is 10.8. The standard InChI is InChI=1S/C18H20N2O2/c1-22-18(21)20-19-17(16-12-6-3-7-13-16)14-8-11-15-9-4-2-5-10-15/h2-7,9-10,12-13H,8,11,14H2,1H3,(H,20,21)/b19-17+. The van der Waals surface area contributed by atoms with E-state index in [-0.39, 0.29) is 0 Å². The molecule has 2 aromatic carbocycles. The number of nitrogens with one attached hydrogen (secondary N) is 1. The van der Waals surface area contributed by atoms with Gasteiger partial charge in [-0.3, -0.25) is 0 Å². The van der Waals surface area contributed by atoms with Gasteiger partial charge in [0.1, 0.15) is 0 Å². The van der Waals surface area contributed by atoms with Crippen molar-refractivity contribution in [1.29, 1.82) is 0 Å². The van der Waals surface area contributed by atoms with Gasteiger partial charge in [-0.25, -0.2) is 10.2 Å². The van der Waals surface area contributed by atoms with Crippen LogP contribution in [-0.2, 0) is 11.2 Å². The lowest BCUT2D eigenvalue weighted by atomic mass is 10.0. The lowest BCUT2D eigenvalue weighted by Crippen LogP contribution is -2.19. The Balaban J connectivity index is 2.00. The molecule has 0 saturated heterocycles. The maximum absolute atomic E-state index is 11.2. The molecule has 4 heteroatoms. The number of methoxy groups -OCH3 is 1. The molecule has 0 aliphatic heterocycles. The lowest BCUT2D eigenvalue weighted by molar-refractivity contribution is 0.171. The number of rotatable bonds is 6. The third-order valence-electron chi connectivity index (χ3n) is 3.30. The summed E-state index contributed by atoms with van der Waals surface area (Å²) >= 11 is 0. The minimum Gasteiger partial charge on any atom is -0.452 e. The summed E-state index contributed by atoms with van der Waals surface area (Å²) in [6, 6.07) is 20.2. The van der Waals surface area contributed by atoms with Crippen LogP contribution in [0, 0.1) is 0 Å². The van der Waals surface area contributed by atoms with Crippen LogP contribution < -0.4 is 5.43 Å². The Bertz CT molecular complexity index is 609. The highest BCUT2D eigenvalue weighted by Crippen LogP contribution is 2.10. The molecule has 0 atom stereocenters. The van der Waals surface area contributed by atoms with E-state index in [1.165, 1.54) is 12.7 Å². The summed E-state index contributed by atoms with van der Waals surface area (Å²) in [5.74, 6) is 0. The first-order valence-electron chi connectivity index (χ1n) is 7.29. The summed E-state index contributed by atoms with van der Waals surface area (Å²) in [6.07, 6.45) is 2.16. The van der Waals surface area contributed by atoms with Crippen molar-refractivity contribution >= 4 is 11.8 Å². The van der Waals surface area contributed by atoms with Crippen molar-refractivity contribution in [3.05, 3.63) is 71.8 Å². The molecule has 114 valence electrons. The van der Waals surface area contributed by atoms with Crippen molar-refractivity contribution in [2.24, 2.45) is 5.10 Å². The van der Waals surface area contributed by atoms with Crippen LogP contribution in [0.4, 0.5) is 4.79 Å². The van der Waals surface area contributed by atoms with Crippen LogP contribution >= 0.6 is 0 Å². The van der Waals surface area contributed by atoms with Gasteiger partial charge in [0, 0.05) is 0 Å². The second-order valence-electron chi connectivity index (χ2n) is 4.87. The Morgan fingerprint density at radius 2 is 1.68 bits per heavy atom. The monoisotopic (exact) mass is 296 g/mol. The summed E-state index contributed by atoms with van der Waals surface area (Å²) in [6.45, 7) is 0. The SMILES string of the molecule is COC(=O)N/N=C(\CCCc1ccccc1)c1ccccc1. The number of aryl methyl sites for hydroxylation is 1. The molecule has 2 aromatic rings. The number of carbonyl (C=O) groups excluding carboxylic acids is 1. The average Bonchev–Trinajstić information content (AvgIpc) is 2.59. The molecule has 1 N–H and O–H groups in total. The number of ether oxygens (including phenoxy) is 1. The van der Waals surface area contributed by atoms with E-state index in [2.05, 4.69) is 27.4 Å². The fraction of sp³-hybridized carbons (Fsp3) is 0.222. The average molecular weight is 296 g/mol. The van der Waals surface area contributed by atoms with E-state index < -0.39 is 6.09 Å². The molecule has 0 spiro atoms. The largest absolute Gasteiger partial charge is 0.452 e. The topological polar surface area (TPSA) is 50.7 Å². The van der Waals surface area contributed by atoms with Gasteiger partial charge in [-0.05, 0) is 30.4 Å². The summed E-state index contributed by atoms with van der Waals surface area (Å²) in [4.78, 5) is 11.2. The van der Waals surface area contributed by atoms with Crippen LogP contribution in [-0.4, -0.2) is 18.9 Å². The Morgan fingerprint density at radius 1 is 1.05 bits per heavy atom. The van der Waals surface area contributed by atoms with Crippen LogP contribution in [0.5, 0.6) is 0 Å². The highest BCUT2D eigenvalue weighted by Gasteiger charge is 2.05. The second kappa shape index (κ2) is 8.62. The van der Waals surface area contributed by atoms with Crippen molar-refractivity contribution in [3.63, 3.8) is 0 Å². The number of amides is 1. The molecule has 0 unspecified atom stereocenters. The van der Waals surface area contributed by atoms with Crippen LogP contribution in [0.15, 0.2) is 65.8 Å². The van der Waals surface area contributed by atoms with E-state index >= 15 is 0 Å². The van der Waals surface area contributed by atoms with Gasteiger partial charge in [0.05, 0.1) is 12.8 Å². The molecule has 4 nitrogen and oxygen atoms in total. The number of carbonyl (C=O) groups is 1. The molecular formula is C18H20N2O2. The van der Waals surface area contributed by atoms with Gasteiger partial charge in [0.2, 0.25) is 0 Å². The fourth-order valence-electron chi connectivity index (χ4n) is 2.16. The third-order valence-corrected chi connectivity index (χ3v) is 3.30. The molecule has 0 aromatic heterocycles. The van der Waals surface area contributed by atoms with Crippen LogP contribution in [0.3, 0.4) is 0 Å². The van der Waals surface area contributed by atoms with Crippen LogP contribution in [0.25, 0.3) is 0 Å². The third kappa shape index (κ3) is 5.05. The molecule has 0 radical (unpaired) electrons. The van der Waals surface area contributed by atoms with Gasteiger partial charge >= 0.3 is 6.09 Å². The molecule has 0 saturated carbocycles. The van der Waals surface area contributed by atoms with Crippen molar-refractivity contribution < 1.29 is 9.53 Å². The number of benzene rings is 2. The van der Waals surface area contributed by atoms with Crippen LogP contribution in [0.1, 0.15) is 24.0 Å². The molecule has 0 aliphatic carbocycles. The molecular weight excluding hydrogens is 276 g/mol. The Labute approximate surface area is 130 Å². The molecule has 2 rings (SSSR count). The quantitative estimate of drug-likeness (QED) is 0.651. The normalized spacial score (nSPS) is 11.0. The van der Waals surface area contributed by atoms with E-state index in [0.29, 0.717) is 0 Å². The zero-order valence-electron chi connectivity index (χ0n) is 12.7. The van der Waals surface area contributed by atoms with E-state index in [1.54, 1.807) is 0 Å². The predicted octanol–water partition coefficient (Wildman–Crippen LogP) is 3.77. The van der Waals surface area contributed by atoms with Gasteiger partial charge in [-0.2, -0.15) is 5.10 Å². The number of hydrazone groups is 1. The maximum Gasteiger partial charge on any atom is 0.427 e. The predicted molar refractivity (Wildman–Crippen MR) is 87.9 cm³/mol. The first-order valence-corrected chi connectivity index (χ1v) is 7.29. The summed E-state index contributed by atoms with van der Waals surface area (Å²) in [7, 11) is 1.32. The summed E-state index contributed by atoms with van der Waals surface area (Å²) in [5.41, 5.74) is 5.56. The molecule has 22 heavy (non-hydrogen) atoms. The van der Waals surface area contributed by atoms with Gasteiger partial charge < -0.3 is 4.74 Å². The van der Waals surface area contributed by atoms with Gasteiger partial charge in [-0.15, -0.1) is 0 Å². The number of hydrogen-bond donors (Lipinski definition) is 1. The van der Waals surface area contributed by atoms with Gasteiger partial charge in [-0.1, -0.05) is 60.7 Å². The molecule has 0 bridgehead atoms. The zero-order chi connectivity index (χ0) is 15.6. The van der Waals surface area contributed by atoms with Crippen molar-refractivity contribution in [3.8, 4) is 0 Å². The smallest absolute Gasteiger partial charge is 0.427 e. The highest BCUT2D eigenvalue weighted by molar-refractivity contribution is 6.00. The van der Waals surface area contributed by atoms with Crippen molar-refractivity contribution in [2.75, 3.05) is 7.11 Å². The maximum atomic E-state index is 11.2. The Morgan fingerprint density at radius 3 is 2.32 bits per heavy atom. The van der Waals surface area contributed by atoms with Crippen molar-refractivity contribution in [1.82, 2.24) is 5.43 Å². The Kier molecular flexibility index (Phi) is 6.18. The molecule has 1 amide bonds. The number of nitrogens with zero attached hydrogens (tertiary/aromatic N) is 1. The van der Waals surface area contributed by atoms with E-state index in [1.807, 2.05) is 48.5 Å². The van der Waals surface area contributed by atoms with Gasteiger partial charge in [0.25, 0.3) is 0 Å². The Hall–Kier alpha value is -2.62. The molecule has 0 heterocycles. The van der Waals surface area contributed by atoms with Crippen molar-refractivity contribution in [2.45, 2.75) is 19.3 Å². The highest BCUT2D eigenvalue weighted by atomic mass is 16.5. The molecule has 0 fully saturated rings. The lowest BCUT2D eigenvalue weighted by Gasteiger charge is -2.07. The number of hydrogen-bond acceptors (Lipinski definition) is 3. The minimum atomic E-state index is -0.559. The minimum absolute atomic E-state index is 0.559. The van der Waals surface area contributed by atoms with E-state index in [0.717, 1.165) is 30.5 Å². The zero-order valence-corrected chi connectivity index (χ0v) is 12.7. The van der Waals surface area contributed by atoms with E-state index in [9.17, 15) is 4.79 Å². The summed E-state index contributed by atoms with van der Waals surface area (Å²) in [5, 5.41) is 4.19. The van der Waals surface area contributed by atoms with E-state index in [4.69, 9.17) is 0 Å². The summed E-state index contributed by atoms with van der Waals surface area (Å²) < 4.78 is 4.55. The first kappa shape index (κ1) is 15.8. The molecule has 0 aliphatic rings.